The number of nitrogens with zero attached hydrogens (tertiary/aromatic N) is 1. The maximum absolute atomic E-state index is 11.1. The van der Waals surface area contributed by atoms with E-state index in [0.717, 1.165) is 12.8 Å². The van der Waals surface area contributed by atoms with Gasteiger partial charge in [-0.25, -0.2) is 0 Å². The van der Waals surface area contributed by atoms with Crippen LogP contribution in [0.5, 0.6) is 0 Å². The van der Waals surface area contributed by atoms with Crippen LogP contribution in [0.2, 0.25) is 0 Å². The monoisotopic (exact) mass is 286 g/mol. The van der Waals surface area contributed by atoms with Crippen molar-refractivity contribution in [3.05, 3.63) is 0 Å². The molecule has 5 nitrogen and oxygen atoms in total. The molecule has 3 N–H and O–H groups in total. The number of carbonyl (C=O) groups is 1. The molecule has 1 atom stereocenters. The van der Waals surface area contributed by atoms with E-state index in [1.165, 1.54) is 0 Å². The highest BCUT2D eigenvalue weighted by atomic mass is 16.4. The molecule has 0 aromatic carbocycles. The highest BCUT2D eigenvalue weighted by molar-refractivity contribution is 5.69. The van der Waals surface area contributed by atoms with E-state index in [2.05, 4.69) is 37.9 Å². The van der Waals surface area contributed by atoms with Gasteiger partial charge in [-0.05, 0) is 40.5 Å². The number of aliphatic hydroxyl groups is 1. The Morgan fingerprint density at radius 3 is 2.20 bits per heavy atom. The van der Waals surface area contributed by atoms with Crippen LogP contribution in [0.3, 0.4) is 0 Å². The zero-order valence-electron chi connectivity index (χ0n) is 13.4. The van der Waals surface area contributed by atoms with Gasteiger partial charge in [-0.2, -0.15) is 0 Å². The second-order valence-electron chi connectivity index (χ2n) is 7.41. The Morgan fingerprint density at radius 1 is 1.30 bits per heavy atom. The zero-order valence-corrected chi connectivity index (χ0v) is 13.4. The first kappa shape index (κ1) is 17.4. The van der Waals surface area contributed by atoms with Gasteiger partial charge in [-0.3, -0.25) is 9.69 Å². The Morgan fingerprint density at radius 2 is 1.80 bits per heavy atom. The molecule has 5 heteroatoms. The van der Waals surface area contributed by atoms with E-state index >= 15 is 0 Å². The molecule has 1 aliphatic heterocycles. The van der Waals surface area contributed by atoms with Crippen molar-refractivity contribution in [3.8, 4) is 0 Å². The Bertz CT molecular complexity index is 326. The van der Waals surface area contributed by atoms with Crippen molar-refractivity contribution < 1.29 is 15.0 Å². The van der Waals surface area contributed by atoms with Crippen molar-refractivity contribution in [2.75, 3.05) is 19.7 Å². The number of nitrogens with one attached hydrogen (secondary N) is 1. The van der Waals surface area contributed by atoms with Gasteiger partial charge in [0, 0.05) is 30.2 Å². The minimum Gasteiger partial charge on any atom is -0.481 e. The van der Waals surface area contributed by atoms with Gasteiger partial charge in [0.25, 0.3) is 0 Å². The molecular weight excluding hydrogens is 256 g/mol. The fourth-order valence-electron chi connectivity index (χ4n) is 3.51. The molecule has 118 valence electrons. The van der Waals surface area contributed by atoms with E-state index < -0.39 is 11.9 Å². The number of carboxylic acid groups (broad SMARTS) is 1. The molecule has 0 bridgehead atoms. The summed E-state index contributed by atoms with van der Waals surface area (Å²) in [6.45, 7) is 11.5. The van der Waals surface area contributed by atoms with Gasteiger partial charge in [-0.1, -0.05) is 6.92 Å². The molecule has 0 amide bonds. The number of aliphatic carboxylic acids is 1. The Balaban J connectivity index is 2.82. The first-order chi connectivity index (χ1) is 9.06. The highest BCUT2D eigenvalue weighted by Crippen LogP contribution is 2.31. The van der Waals surface area contributed by atoms with Crippen LogP contribution in [0, 0.1) is 5.92 Å². The third-order valence-electron chi connectivity index (χ3n) is 4.00. The fraction of sp³-hybridized carbons (Fsp3) is 0.933. The van der Waals surface area contributed by atoms with Crippen LogP contribution >= 0.6 is 0 Å². The van der Waals surface area contributed by atoms with E-state index in [0.29, 0.717) is 19.1 Å². The lowest BCUT2D eigenvalue weighted by molar-refractivity contribution is -0.142. The summed E-state index contributed by atoms with van der Waals surface area (Å²) in [4.78, 5) is 13.2. The lowest BCUT2D eigenvalue weighted by Crippen LogP contribution is -2.62. The molecule has 20 heavy (non-hydrogen) atoms. The molecule has 1 saturated heterocycles. The Labute approximate surface area is 122 Å². The Hall–Kier alpha value is -0.650. The molecule has 0 saturated carbocycles. The second kappa shape index (κ2) is 6.41. The minimum atomic E-state index is -0.777. The molecule has 0 aromatic heterocycles. The second-order valence-corrected chi connectivity index (χ2v) is 7.41. The summed E-state index contributed by atoms with van der Waals surface area (Å²) in [6, 6.07) is 0.301. The molecule has 0 spiro atoms. The smallest absolute Gasteiger partial charge is 0.307 e. The van der Waals surface area contributed by atoms with Crippen molar-refractivity contribution in [2.45, 2.75) is 64.6 Å². The number of aliphatic hydroxyl groups excluding tert-OH is 1. The number of hydrogen-bond donors (Lipinski definition) is 3. The minimum absolute atomic E-state index is 0.0204. The summed E-state index contributed by atoms with van der Waals surface area (Å²) >= 11 is 0. The summed E-state index contributed by atoms with van der Waals surface area (Å²) in [5.74, 6) is -1.19. The van der Waals surface area contributed by atoms with Crippen molar-refractivity contribution >= 4 is 5.97 Å². The van der Waals surface area contributed by atoms with E-state index in [1.807, 2.05) is 0 Å². The predicted octanol–water partition coefficient (Wildman–Crippen LogP) is 1.31. The van der Waals surface area contributed by atoms with Crippen LogP contribution in [0.4, 0.5) is 0 Å². The van der Waals surface area contributed by atoms with Gasteiger partial charge in [-0.15, -0.1) is 0 Å². The molecule has 0 aromatic rings. The average molecular weight is 286 g/mol. The summed E-state index contributed by atoms with van der Waals surface area (Å²) < 4.78 is 0. The van der Waals surface area contributed by atoms with Gasteiger partial charge in [0.1, 0.15) is 0 Å². The van der Waals surface area contributed by atoms with Gasteiger partial charge in [0.2, 0.25) is 0 Å². The zero-order chi connectivity index (χ0) is 15.6. The van der Waals surface area contributed by atoms with E-state index in [9.17, 15) is 9.90 Å². The molecule has 1 heterocycles. The maximum atomic E-state index is 11.1. The van der Waals surface area contributed by atoms with E-state index in [-0.39, 0.29) is 17.7 Å². The van der Waals surface area contributed by atoms with E-state index in [1.54, 1.807) is 6.92 Å². The maximum Gasteiger partial charge on any atom is 0.307 e. The topological polar surface area (TPSA) is 72.8 Å². The molecular formula is C15H30N2O3. The number of piperidine rings is 1. The van der Waals surface area contributed by atoms with Crippen LogP contribution < -0.4 is 5.32 Å². The predicted molar refractivity (Wildman–Crippen MR) is 79.8 cm³/mol. The number of carboxylic acids is 1. The van der Waals surface area contributed by atoms with Gasteiger partial charge < -0.3 is 15.5 Å². The van der Waals surface area contributed by atoms with Crippen molar-refractivity contribution in [1.82, 2.24) is 10.2 Å². The summed E-state index contributed by atoms with van der Waals surface area (Å²) in [5.41, 5.74) is 0.0408. The third-order valence-corrected chi connectivity index (χ3v) is 4.00. The van der Waals surface area contributed by atoms with Crippen LogP contribution in [-0.2, 0) is 4.79 Å². The fourth-order valence-corrected chi connectivity index (χ4v) is 3.51. The standard InChI is InChI=1S/C15H30N2O3/c1-11(13(19)20)10-17(6-7-18)12-8-14(2,3)16-15(4,5)9-12/h11-12,16,18H,6-10H2,1-5H3,(H,19,20). The van der Waals surface area contributed by atoms with E-state index in [4.69, 9.17) is 5.11 Å². The van der Waals surface area contributed by atoms with Crippen LogP contribution in [0.25, 0.3) is 0 Å². The summed E-state index contributed by atoms with van der Waals surface area (Å²) in [7, 11) is 0. The largest absolute Gasteiger partial charge is 0.481 e. The molecule has 1 rings (SSSR count). The van der Waals surface area contributed by atoms with Gasteiger partial charge in [0.05, 0.1) is 12.5 Å². The molecule has 1 fully saturated rings. The SMILES string of the molecule is CC(CN(CCO)C1CC(C)(C)NC(C)(C)C1)C(=O)O. The van der Waals surface area contributed by atoms with Gasteiger partial charge >= 0.3 is 5.97 Å². The normalized spacial score (nSPS) is 23.8. The lowest BCUT2D eigenvalue weighted by atomic mass is 9.79. The van der Waals surface area contributed by atoms with Crippen molar-refractivity contribution in [2.24, 2.45) is 5.92 Å². The average Bonchev–Trinajstić information content (AvgIpc) is 2.23. The number of rotatable bonds is 6. The molecule has 0 aliphatic carbocycles. The summed E-state index contributed by atoms with van der Waals surface area (Å²) in [6.07, 6.45) is 1.92. The Kier molecular flexibility index (Phi) is 5.58. The van der Waals surface area contributed by atoms with Crippen LogP contribution in [-0.4, -0.2) is 57.9 Å². The quantitative estimate of drug-likeness (QED) is 0.686. The van der Waals surface area contributed by atoms with Gasteiger partial charge in [0.15, 0.2) is 0 Å². The van der Waals surface area contributed by atoms with Crippen LogP contribution in [0.1, 0.15) is 47.5 Å². The first-order valence-corrected chi connectivity index (χ1v) is 7.43. The van der Waals surface area contributed by atoms with Crippen molar-refractivity contribution in [3.63, 3.8) is 0 Å². The first-order valence-electron chi connectivity index (χ1n) is 7.43. The van der Waals surface area contributed by atoms with Crippen LogP contribution in [0.15, 0.2) is 0 Å². The van der Waals surface area contributed by atoms with Crippen molar-refractivity contribution in [1.29, 1.82) is 0 Å². The molecule has 1 unspecified atom stereocenters. The molecule has 0 radical (unpaired) electrons. The lowest BCUT2D eigenvalue weighted by Gasteiger charge is -2.50. The highest BCUT2D eigenvalue weighted by Gasteiger charge is 2.40. The molecule has 1 aliphatic rings. The third kappa shape index (κ3) is 5.04. The summed E-state index contributed by atoms with van der Waals surface area (Å²) in [5, 5.41) is 22.0. The number of hydrogen-bond acceptors (Lipinski definition) is 4.